The number of unbranched alkanes of at least 4 members (excludes halogenated alkanes) is 23. The molecule has 0 aliphatic rings. The van der Waals surface area contributed by atoms with E-state index in [1.165, 1.54) is 193 Å². The number of carbonyl (C=O) groups is 1. The molecule has 0 aliphatic heterocycles. The Balaban J connectivity index is -0.000000738. The van der Waals surface area contributed by atoms with Crippen LogP contribution < -0.4 is 0 Å². The summed E-state index contributed by atoms with van der Waals surface area (Å²) < 4.78 is 10.7. The lowest BCUT2D eigenvalue weighted by molar-refractivity contribution is -0.107. The molecule has 1 N–H and O–H groups in total. The van der Waals surface area contributed by atoms with Gasteiger partial charge in [0.15, 0.2) is 0 Å². The van der Waals surface area contributed by atoms with Crippen molar-refractivity contribution >= 4 is 6.29 Å². The Kier molecular flexibility index (Phi) is 59.5. The van der Waals surface area contributed by atoms with Crippen LogP contribution in [0.1, 0.15) is 253 Å². The monoisotopic (exact) mass is 784 g/mol. The lowest BCUT2D eigenvalue weighted by atomic mass is 9.95. The number of aliphatic hydroxyl groups is 1. The first-order chi connectivity index (χ1) is 27.0. The summed E-state index contributed by atoms with van der Waals surface area (Å²) in [6.45, 7) is 17.1. The number of rotatable bonds is 43. The zero-order valence-corrected chi connectivity index (χ0v) is 39.1. The highest BCUT2D eigenvalue weighted by Crippen LogP contribution is 2.20. The molecule has 0 radical (unpaired) electrons. The maximum Gasteiger partial charge on any atom is 0.119 e. The highest BCUT2D eigenvalue weighted by molar-refractivity contribution is 5.48. The lowest BCUT2D eigenvalue weighted by Gasteiger charge is -2.22. The fourth-order valence-corrected chi connectivity index (χ4v) is 7.52. The molecule has 0 aromatic heterocycles. The van der Waals surface area contributed by atoms with Crippen molar-refractivity contribution in [1.29, 1.82) is 0 Å². The topological polar surface area (TPSA) is 59.0 Å². The van der Waals surface area contributed by atoms with Crippen LogP contribution in [0.25, 0.3) is 0 Å². The second kappa shape index (κ2) is 55.6. The van der Waals surface area contributed by atoms with Crippen LogP contribution in [-0.2, 0) is 14.3 Å². The summed E-state index contributed by atoms with van der Waals surface area (Å²) in [5.74, 6) is 1.64. The molecule has 5 heteroatoms. The normalized spacial score (nSPS) is 12.2. The van der Waals surface area contributed by atoms with Crippen LogP contribution in [-0.4, -0.2) is 70.0 Å². The van der Waals surface area contributed by atoms with Crippen LogP contribution in [0.2, 0.25) is 0 Å². The second-order valence-electron chi connectivity index (χ2n) is 16.8. The van der Waals surface area contributed by atoms with E-state index in [1.54, 1.807) is 0 Å². The number of carbonyl (C=O) groups excluding carboxylic acids is 1. The first kappa shape index (κ1) is 58.8. The van der Waals surface area contributed by atoms with Crippen molar-refractivity contribution < 1.29 is 19.4 Å². The molecule has 0 fully saturated rings. The maximum atomic E-state index is 10.2. The zero-order valence-electron chi connectivity index (χ0n) is 39.1. The maximum absolute atomic E-state index is 10.2. The molecule has 0 saturated heterocycles. The van der Waals surface area contributed by atoms with Crippen molar-refractivity contribution in [3.8, 4) is 0 Å². The summed E-state index contributed by atoms with van der Waals surface area (Å²) in [6, 6.07) is 0. The summed E-state index contributed by atoms with van der Waals surface area (Å²) >= 11 is 0. The number of hydrogen-bond donors (Lipinski definition) is 1. The first-order valence-electron chi connectivity index (χ1n) is 24.8. The lowest BCUT2D eigenvalue weighted by Crippen LogP contribution is -2.27. The van der Waals surface area contributed by atoms with E-state index in [0.29, 0.717) is 13.0 Å². The van der Waals surface area contributed by atoms with Gasteiger partial charge in [-0.1, -0.05) is 189 Å². The molecule has 2 unspecified atom stereocenters. The molecule has 0 heterocycles. The molecule has 2 atom stereocenters. The fourth-order valence-electron chi connectivity index (χ4n) is 7.52. The Hall–Kier alpha value is -0.490. The number of nitrogens with zero attached hydrogens (tertiary/aromatic N) is 1. The summed E-state index contributed by atoms with van der Waals surface area (Å²) in [7, 11) is 3.70. The molecular weight excluding hydrogens is 679 g/mol. The van der Waals surface area contributed by atoms with Crippen LogP contribution in [0.3, 0.4) is 0 Å². The molecule has 0 aromatic carbocycles. The summed E-state index contributed by atoms with van der Waals surface area (Å²) in [6.07, 6.45) is 45.9. The molecule has 0 aliphatic carbocycles. The molecule has 5 nitrogen and oxygen atoms in total. The second-order valence-corrected chi connectivity index (χ2v) is 16.8. The quantitative estimate of drug-likeness (QED) is 0.0493. The third kappa shape index (κ3) is 53.5. The van der Waals surface area contributed by atoms with Crippen LogP contribution in [0, 0.1) is 11.8 Å². The van der Waals surface area contributed by atoms with Crippen molar-refractivity contribution in [3.05, 3.63) is 0 Å². The van der Waals surface area contributed by atoms with E-state index in [0.717, 1.165) is 70.1 Å². The predicted octanol–water partition coefficient (Wildman–Crippen LogP) is 15.3. The van der Waals surface area contributed by atoms with Crippen LogP contribution in [0.15, 0.2) is 0 Å². The molecular formula is C50H105NO4. The Labute approximate surface area is 348 Å². The first-order valence-corrected chi connectivity index (χ1v) is 24.8. The van der Waals surface area contributed by atoms with E-state index in [2.05, 4.69) is 39.5 Å². The van der Waals surface area contributed by atoms with E-state index in [1.807, 2.05) is 14.2 Å². The standard InChI is InChI=1S/2C17H36O.C16H33NO2/c2*1-4-6-8-10-11-13-15-17(16-18-3)14-12-9-7-5-2;1-2-3-4-7-12-17(14-9-11-16-19)13-8-5-6-10-15-18/h2*17H,4-16H2,1-3H3;15,19H,2-14,16H2,1H3. The Morgan fingerprint density at radius 1 is 0.418 bits per heavy atom. The van der Waals surface area contributed by atoms with Gasteiger partial charge in [0, 0.05) is 40.5 Å². The largest absolute Gasteiger partial charge is 0.396 e. The Morgan fingerprint density at radius 3 is 1.04 bits per heavy atom. The fraction of sp³-hybridized carbons (Fsp3) is 0.980. The number of aliphatic hydroxyl groups excluding tert-OH is 1. The summed E-state index contributed by atoms with van der Waals surface area (Å²) in [4.78, 5) is 12.8. The van der Waals surface area contributed by atoms with Crippen molar-refractivity contribution in [2.75, 3.05) is 53.7 Å². The summed E-state index contributed by atoms with van der Waals surface area (Å²) in [5.41, 5.74) is 0. The molecule has 0 bridgehead atoms. The highest BCUT2D eigenvalue weighted by Gasteiger charge is 2.09. The van der Waals surface area contributed by atoms with Gasteiger partial charge in [0.1, 0.15) is 6.29 Å². The van der Waals surface area contributed by atoms with E-state index in [9.17, 15) is 4.79 Å². The van der Waals surface area contributed by atoms with Crippen LogP contribution >= 0.6 is 0 Å². The third-order valence-electron chi connectivity index (χ3n) is 11.2. The van der Waals surface area contributed by atoms with E-state index in [4.69, 9.17) is 14.6 Å². The number of methoxy groups -OCH3 is 2. The van der Waals surface area contributed by atoms with Crippen LogP contribution in [0.4, 0.5) is 0 Å². The minimum atomic E-state index is 0.309. The average molecular weight is 784 g/mol. The highest BCUT2D eigenvalue weighted by atomic mass is 16.5. The van der Waals surface area contributed by atoms with Gasteiger partial charge >= 0.3 is 0 Å². The van der Waals surface area contributed by atoms with E-state index >= 15 is 0 Å². The number of hydrogen-bond acceptors (Lipinski definition) is 5. The van der Waals surface area contributed by atoms with Crippen molar-refractivity contribution in [3.63, 3.8) is 0 Å². The number of ether oxygens (including phenoxy) is 2. The molecule has 0 rings (SSSR count). The van der Waals surface area contributed by atoms with Gasteiger partial charge in [-0.2, -0.15) is 0 Å². The molecule has 55 heavy (non-hydrogen) atoms. The van der Waals surface area contributed by atoms with Crippen molar-refractivity contribution in [1.82, 2.24) is 4.90 Å². The van der Waals surface area contributed by atoms with E-state index < -0.39 is 0 Å². The van der Waals surface area contributed by atoms with E-state index in [-0.39, 0.29) is 0 Å². The summed E-state index contributed by atoms with van der Waals surface area (Å²) in [5, 5.41) is 8.85. The van der Waals surface area contributed by atoms with Gasteiger partial charge in [-0.25, -0.2) is 0 Å². The minimum absolute atomic E-state index is 0.309. The SMILES string of the molecule is CCCCCCCCC(CCCCCC)COC.CCCCCCCCC(CCCCCC)COC.CCCCCCN(CCCCO)CCCCCC=O. The van der Waals surface area contributed by atoms with Gasteiger partial charge in [0.25, 0.3) is 0 Å². The van der Waals surface area contributed by atoms with Gasteiger partial charge in [-0.05, 0) is 89.3 Å². The predicted molar refractivity (Wildman–Crippen MR) is 246 cm³/mol. The number of aldehydes is 1. The van der Waals surface area contributed by atoms with Crippen molar-refractivity contribution in [2.24, 2.45) is 11.8 Å². The van der Waals surface area contributed by atoms with Gasteiger partial charge in [-0.3, -0.25) is 0 Å². The molecule has 0 spiro atoms. The smallest absolute Gasteiger partial charge is 0.119 e. The Bertz CT molecular complexity index is 613. The minimum Gasteiger partial charge on any atom is -0.396 e. The molecule has 334 valence electrons. The molecule has 0 amide bonds. The average Bonchev–Trinajstić information content (AvgIpc) is 3.19. The van der Waals surface area contributed by atoms with Crippen molar-refractivity contribution in [2.45, 2.75) is 253 Å². The zero-order chi connectivity index (χ0) is 41.1. The van der Waals surface area contributed by atoms with Gasteiger partial charge in [-0.15, -0.1) is 0 Å². The third-order valence-corrected chi connectivity index (χ3v) is 11.2. The molecule has 0 aromatic rings. The Morgan fingerprint density at radius 2 is 0.709 bits per heavy atom. The van der Waals surface area contributed by atoms with Crippen LogP contribution in [0.5, 0.6) is 0 Å². The van der Waals surface area contributed by atoms with Gasteiger partial charge in [0.05, 0.1) is 0 Å². The van der Waals surface area contributed by atoms with Gasteiger partial charge in [0.2, 0.25) is 0 Å². The van der Waals surface area contributed by atoms with Gasteiger partial charge < -0.3 is 24.3 Å². The molecule has 0 saturated carbocycles.